The van der Waals surface area contributed by atoms with Crippen LogP contribution in [0.25, 0.3) is 0 Å². The Labute approximate surface area is 157 Å². The Hall–Kier alpha value is -1.60. The van der Waals surface area contributed by atoms with E-state index in [0.29, 0.717) is 18.2 Å². The first-order valence-corrected chi connectivity index (χ1v) is 11.1. The SMILES string of the molecule is Cc1ccc(N([C@@H](C)C(=O)NCCC2CCN(C)CC2)S(C)(=O)=O)cc1. The Balaban J connectivity index is 1.96. The molecular formula is C19H31N3O3S. The van der Waals surface area contributed by atoms with E-state index in [1.54, 1.807) is 19.1 Å². The van der Waals surface area contributed by atoms with Crippen LogP contribution < -0.4 is 9.62 Å². The minimum atomic E-state index is -3.56. The van der Waals surface area contributed by atoms with Gasteiger partial charge in [-0.1, -0.05) is 17.7 Å². The van der Waals surface area contributed by atoms with Crippen molar-refractivity contribution in [2.24, 2.45) is 5.92 Å². The molecule has 7 heteroatoms. The van der Waals surface area contributed by atoms with Gasteiger partial charge in [0.1, 0.15) is 6.04 Å². The first-order chi connectivity index (χ1) is 12.2. The summed E-state index contributed by atoms with van der Waals surface area (Å²) in [6.45, 7) is 6.36. The number of nitrogens with one attached hydrogen (secondary N) is 1. The van der Waals surface area contributed by atoms with E-state index in [9.17, 15) is 13.2 Å². The van der Waals surface area contributed by atoms with Gasteiger partial charge in [-0.05, 0) is 71.3 Å². The number of nitrogens with zero attached hydrogens (tertiary/aromatic N) is 2. The van der Waals surface area contributed by atoms with Crippen molar-refractivity contribution < 1.29 is 13.2 Å². The predicted molar refractivity (Wildman–Crippen MR) is 106 cm³/mol. The molecule has 0 bridgehead atoms. The average Bonchev–Trinajstić information content (AvgIpc) is 2.57. The van der Waals surface area contributed by atoms with Crippen molar-refractivity contribution in [3.8, 4) is 0 Å². The predicted octanol–water partition coefficient (Wildman–Crippen LogP) is 2.00. The van der Waals surface area contributed by atoms with E-state index in [4.69, 9.17) is 0 Å². The van der Waals surface area contributed by atoms with Crippen molar-refractivity contribution in [3.63, 3.8) is 0 Å². The lowest BCUT2D eigenvalue weighted by molar-refractivity contribution is -0.121. The smallest absolute Gasteiger partial charge is 0.243 e. The molecule has 0 saturated carbocycles. The molecule has 1 N–H and O–H groups in total. The standard InChI is InChI=1S/C19H31N3O3S/c1-15-5-7-18(8-6-15)22(26(4,24)25)16(2)19(23)20-12-9-17-10-13-21(3)14-11-17/h5-8,16-17H,9-14H2,1-4H3,(H,20,23)/t16-/m0/s1. The van der Waals surface area contributed by atoms with Crippen LogP contribution in [0.3, 0.4) is 0 Å². The molecule has 1 atom stereocenters. The van der Waals surface area contributed by atoms with Crippen molar-refractivity contribution >= 4 is 21.6 Å². The van der Waals surface area contributed by atoms with Gasteiger partial charge in [-0.25, -0.2) is 8.42 Å². The molecule has 0 unspecified atom stereocenters. The van der Waals surface area contributed by atoms with Crippen LogP contribution in [0.4, 0.5) is 5.69 Å². The van der Waals surface area contributed by atoms with Crippen molar-refractivity contribution in [1.82, 2.24) is 10.2 Å². The number of likely N-dealkylation sites (tertiary alicyclic amines) is 1. The number of amides is 1. The lowest BCUT2D eigenvalue weighted by atomic mass is 9.94. The summed E-state index contributed by atoms with van der Waals surface area (Å²) in [6.07, 6.45) is 4.38. The van der Waals surface area contributed by atoms with Gasteiger partial charge in [0.05, 0.1) is 11.9 Å². The number of benzene rings is 1. The van der Waals surface area contributed by atoms with Gasteiger partial charge < -0.3 is 10.2 Å². The second-order valence-corrected chi connectivity index (χ2v) is 9.26. The summed E-state index contributed by atoms with van der Waals surface area (Å²) >= 11 is 0. The number of hydrogen-bond donors (Lipinski definition) is 1. The van der Waals surface area contributed by atoms with Crippen LogP contribution in [-0.2, 0) is 14.8 Å². The van der Waals surface area contributed by atoms with E-state index in [1.807, 2.05) is 19.1 Å². The molecule has 0 radical (unpaired) electrons. The lowest BCUT2D eigenvalue weighted by Gasteiger charge is -2.30. The Morgan fingerprint density at radius 3 is 2.38 bits per heavy atom. The fraction of sp³-hybridized carbons (Fsp3) is 0.632. The molecule has 1 aromatic carbocycles. The maximum absolute atomic E-state index is 12.5. The normalized spacial score (nSPS) is 17.7. The lowest BCUT2D eigenvalue weighted by Crippen LogP contribution is -2.48. The van der Waals surface area contributed by atoms with Gasteiger partial charge >= 0.3 is 0 Å². The zero-order valence-electron chi connectivity index (χ0n) is 16.2. The van der Waals surface area contributed by atoms with E-state index in [1.165, 1.54) is 4.31 Å². The first kappa shape index (κ1) is 20.7. The van der Waals surface area contributed by atoms with E-state index in [-0.39, 0.29) is 5.91 Å². The first-order valence-electron chi connectivity index (χ1n) is 9.21. The highest BCUT2D eigenvalue weighted by Gasteiger charge is 2.29. The molecule has 1 aliphatic heterocycles. The largest absolute Gasteiger partial charge is 0.354 e. The second-order valence-electron chi connectivity index (χ2n) is 7.40. The third-order valence-corrected chi connectivity index (χ3v) is 6.31. The van der Waals surface area contributed by atoms with Crippen LogP contribution >= 0.6 is 0 Å². The van der Waals surface area contributed by atoms with Crippen molar-refractivity contribution in [1.29, 1.82) is 0 Å². The Morgan fingerprint density at radius 2 is 1.85 bits per heavy atom. The average molecular weight is 382 g/mol. The number of aryl methyl sites for hydroxylation is 1. The summed E-state index contributed by atoms with van der Waals surface area (Å²) in [5.74, 6) is 0.369. The fourth-order valence-corrected chi connectivity index (χ4v) is 4.57. The van der Waals surface area contributed by atoms with Crippen LogP contribution in [-0.4, -0.2) is 58.2 Å². The highest BCUT2D eigenvalue weighted by atomic mass is 32.2. The molecule has 0 spiro atoms. The number of carbonyl (C=O) groups excluding carboxylic acids is 1. The maximum atomic E-state index is 12.5. The molecule has 1 amide bonds. The third kappa shape index (κ3) is 5.71. The highest BCUT2D eigenvalue weighted by Crippen LogP contribution is 2.22. The zero-order valence-corrected chi connectivity index (χ0v) is 17.1. The minimum absolute atomic E-state index is 0.260. The molecule has 1 fully saturated rings. The fourth-order valence-electron chi connectivity index (χ4n) is 3.40. The van der Waals surface area contributed by atoms with Gasteiger partial charge in [-0.2, -0.15) is 0 Å². The molecule has 26 heavy (non-hydrogen) atoms. The number of hydrogen-bond acceptors (Lipinski definition) is 4. The Bertz CT molecular complexity index is 695. The molecule has 1 heterocycles. The summed E-state index contributed by atoms with van der Waals surface area (Å²) < 4.78 is 25.7. The molecular weight excluding hydrogens is 350 g/mol. The van der Waals surface area contributed by atoms with Crippen molar-refractivity contribution in [2.75, 3.05) is 37.2 Å². The van der Waals surface area contributed by atoms with E-state index >= 15 is 0 Å². The summed E-state index contributed by atoms with van der Waals surface area (Å²) in [4.78, 5) is 14.9. The van der Waals surface area contributed by atoms with E-state index in [0.717, 1.165) is 44.2 Å². The number of sulfonamides is 1. The van der Waals surface area contributed by atoms with Crippen molar-refractivity contribution in [3.05, 3.63) is 29.8 Å². The van der Waals surface area contributed by atoms with Gasteiger partial charge in [0, 0.05) is 6.54 Å². The summed E-state index contributed by atoms with van der Waals surface area (Å²) in [7, 11) is -1.43. The molecule has 1 aromatic rings. The number of piperidine rings is 1. The molecule has 2 rings (SSSR count). The Morgan fingerprint density at radius 1 is 1.27 bits per heavy atom. The molecule has 1 aliphatic rings. The quantitative estimate of drug-likeness (QED) is 0.784. The maximum Gasteiger partial charge on any atom is 0.243 e. The third-order valence-electron chi connectivity index (χ3n) is 5.07. The zero-order chi connectivity index (χ0) is 19.3. The van der Waals surface area contributed by atoms with Gasteiger partial charge in [0.25, 0.3) is 0 Å². The summed E-state index contributed by atoms with van der Waals surface area (Å²) in [5.41, 5.74) is 1.55. The van der Waals surface area contributed by atoms with Gasteiger partial charge in [-0.3, -0.25) is 9.10 Å². The topological polar surface area (TPSA) is 69.7 Å². The molecule has 1 saturated heterocycles. The summed E-state index contributed by atoms with van der Waals surface area (Å²) in [6, 6.07) is 6.37. The van der Waals surface area contributed by atoms with Crippen LogP contribution in [0.15, 0.2) is 24.3 Å². The molecule has 6 nitrogen and oxygen atoms in total. The molecule has 0 aromatic heterocycles. The van der Waals surface area contributed by atoms with Crippen LogP contribution in [0.2, 0.25) is 0 Å². The van der Waals surface area contributed by atoms with Gasteiger partial charge in [0.15, 0.2) is 0 Å². The van der Waals surface area contributed by atoms with Crippen LogP contribution in [0.5, 0.6) is 0 Å². The molecule has 0 aliphatic carbocycles. The van der Waals surface area contributed by atoms with Gasteiger partial charge in [-0.15, -0.1) is 0 Å². The van der Waals surface area contributed by atoms with E-state index in [2.05, 4.69) is 17.3 Å². The number of anilines is 1. The van der Waals surface area contributed by atoms with Gasteiger partial charge in [0.2, 0.25) is 15.9 Å². The molecule has 146 valence electrons. The second kappa shape index (κ2) is 8.86. The van der Waals surface area contributed by atoms with E-state index < -0.39 is 16.1 Å². The minimum Gasteiger partial charge on any atom is -0.354 e. The van der Waals surface area contributed by atoms with Crippen molar-refractivity contribution in [2.45, 2.75) is 39.2 Å². The summed E-state index contributed by atoms with van der Waals surface area (Å²) in [5, 5.41) is 2.92. The number of rotatable bonds is 7. The van der Waals surface area contributed by atoms with Crippen LogP contribution in [0.1, 0.15) is 31.7 Å². The number of carbonyl (C=O) groups is 1. The monoisotopic (exact) mass is 381 g/mol. The Kier molecular flexibility index (Phi) is 7.06. The van der Waals surface area contributed by atoms with Crippen LogP contribution in [0, 0.1) is 12.8 Å². The highest BCUT2D eigenvalue weighted by molar-refractivity contribution is 7.92.